The summed E-state index contributed by atoms with van der Waals surface area (Å²) in [5, 5.41) is 0. The zero-order valence-electron chi connectivity index (χ0n) is 19.2. The lowest BCUT2D eigenvalue weighted by atomic mass is 9.67. The average molecular weight is 406 g/mol. The van der Waals surface area contributed by atoms with Crippen LogP contribution in [0.5, 0.6) is 5.75 Å². The molecule has 160 valence electrons. The van der Waals surface area contributed by atoms with Gasteiger partial charge in [0.2, 0.25) is 5.91 Å². The Hall–Kier alpha value is -2.81. The molecule has 2 rings (SSSR count). The highest BCUT2D eigenvalue weighted by Gasteiger charge is 2.33. The first kappa shape index (κ1) is 23.5. The zero-order chi connectivity index (χ0) is 22.3. The summed E-state index contributed by atoms with van der Waals surface area (Å²) < 4.78 is 5.63. The number of rotatable bonds is 7. The first-order valence-electron chi connectivity index (χ1n) is 10.5. The molecule has 1 amide bonds. The van der Waals surface area contributed by atoms with Crippen molar-refractivity contribution in [2.45, 2.75) is 53.4 Å². The molecule has 1 aromatic carbocycles. The second kappa shape index (κ2) is 10.3. The number of hydrogen-bond donors (Lipinski definition) is 1. The van der Waals surface area contributed by atoms with Crippen molar-refractivity contribution in [3.8, 4) is 5.75 Å². The Kier molecular flexibility index (Phi) is 8.05. The first-order chi connectivity index (χ1) is 14.2. The number of hydrogen-bond acceptors (Lipinski definition) is 2. The maximum atomic E-state index is 10.9. The summed E-state index contributed by atoms with van der Waals surface area (Å²) >= 11 is 0. The van der Waals surface area contributed by atoms with E-state index in [2.05, 4.69) is 52.0 Å². The highest BCUT2D eigenvalue weighted by molar-refractivity contribution is 5.86. The number of amides is 1. The van der Waals surface area contributed by atoms with Crippen LogP contribution in [-0.2, 0) is 4.79 Å². The second-order valence-electron chi connectivity index (χ2n) is 8.71. The van der Waals surface area contributed by atoms with Gasteiger partial charge in [0.25, 0.3) is 0 Å². The predicted octanol–water partition coefficient (Wildman–Crippen LogP) is 6.41. The van der Waals surface area contributed by atoms with Crippen molar-refractivity contribution in [1.82, 2.24) is 0 Å². The normalized spacial score (nSPS) is 20.3. The van der Waals surface area contributed by atoms with Crippen LogP contribution in [0.2, 0.25) is 0 Å². The lowest BCUT2D eigenvalue weighted by Gasteiger charge is -2.38. The number of ether oxygens (including phenoxy) is 1. The van der Waals surface area contributed by atoms with E-state index in [0.717, 1.165) is 29.7 Å². The summed E-state index contributed by atoms with van der Waals surface area (Å²) in [5.41, 5.74) is 11.4. The Morgan fingerprint density at radius 2 is 1.87 bits per heavy atom. The van der Waals surface area contributed by atoms with E-state index in [1.54, 1.807) is 7.11 Å². The Morgan fingerprint density at radius 1 is 1.17 bits per heavy atom. The van der Waals surface area contributed by atoms with Gasteiger partial charge >= 0.3 is 0 Å². The van der Waals surface area contributed by atoms with Gasteiger partial charge in [-0.2, -0.15) is 0 Å². The predicted molar refractivity (Wildman–Crippen MR) is 126 cm³/mol. The van der Waals surface area contributed by atoms with Crippen molar-refractivity contribution >= 4 is 5.91 Å². The summed E-state index contributed by atoms with van der Waals surface area (Å²) in [7, 11) is 1.74. The van der Waals surface area contributed by atoms with Crippen molar-refractivity contribution in [1.29, 1.82) is 0 Å². The molecular weight excluding hydrogens is 370 g/mol. The average Bonchev–Trinajstić information content (AvgIpc) is 2.67. The van der Waals surface area contributed by atoms with E-state index in [9.17, 15) is 4.79 Å². The van der Waals surface area contributed by atoms with Gasteiger partial charge in [0.15, 0.2) is 0 Å². The number of para-hydroxylation sites is 1. The molecule has 1 unspecified atom stereocenters. The van der Waals surface area contributed by atoms with E-state index in [1.165, 1.54) is 22.8 Å². The van der Waals surface area contributed by atoms with Crippen LogP contribution in [0.25, 0.3) is 0 Å². The molecule has 0 bridgehead atoms. The molecule has 2 N–H and O–H groups in total. The molecule has 0 aromatic heterocycles. The highest BCUT2D eigenvalue weighted by atomic mass is 16.5. The van der Waals surface area contributed by atoms with Crippen LogP contribution in [0, 0.1) is 5.41 Å². The number of methoxy groups -OCH3 is 1. The number of carbonyl (C=O) groups is 1. The molecule has 1 atom stereocenters. The van der Waals surface area contributed by atoms with Crippen LogP contribution in [0.4, 0.5) is 0 Å². The van der Waals surface area contributed by atoms with Gasteiger partial charge in [-0.25, -0.2) is 0 Å². The maximum absolute atomic E-state index is 10.9. The van der Waals surface area contributed by atoms with Crippen molar-refractivity contribution in [3.63, 3.8) is 0 Å². The van der Waals surface area contributed by atoms with Crippen molar-refractivity contribution in [3.05, 3.63) is 88.6 Å². The van der Waals surface area contributed by atoms with E-state index in [0.29, 0.717) is 5.92 Å². The van der Waals surface area contributed by atoms with Gasteiger partial charge in [-0.1, -0.05) is 73.6 Å². The molecule has 1 aliphatic carbocycles. The molecule has 3 nitrogen and oxygen atoms in total. The van der Waals surface area contributed by atoms with Crippen molar-refractivity contribution in [2.24, 2.45) is 11.1 Å². The summed E-state index contributed by atoms with van der Waals surface area (Å²) in [6.45, 7) is 10.8. The minimum Gasteiger partial charge on any atom is -0.496 e. The summed E-state index contributed by atoms with van der Waals surface area (Å²) in [4.78, 5) is 10.9. The number of primary amides is 1. The highest BCUT2D eigenvalue weighted by Crippen LogP contribution is 2.48. The number of carbonyl (C=O) groups excluding carboxylic acids is 1. The smallest absolute Gasteiger partial charge is 0.241 e. The molecule has 0 heterocycles. The van der Waals surface area contributed by atoms with E-state index in [1.807, 2.05) is 37.3 Å². The molecule has 1 aromatic rings. The standard InChI is InChI=1S/C27H35NO2/c1-19(10-9-11-20(2)18-26(28)29)14-15-24-21(3)22(16-17-27(24,4)5)23-12-7-8-13-25(23)30-6/h7-15,18,22H,16-17H2,1-6H3,(H2,28,29)/b11-9+,15-14+,19-10-,20-18+. The Morgan fingerprint density at radius 3 is 2.53 bits per heavy atom. The molecule has 0 radical (unpaired) electrons. The maximum Gasteiger partial charge on any atom is 0.241 e. The fourth-order valence-corrected chi connectivity index (χ4v) is 4.17. The summed E-state index contributed by atoms with van der Waals surface area (Å²) in [6.07, 6.45) is 14.0. The van der Waals surface area contributed by atoms with Gasteiger partial charge in [0.1, 0.15) is 5.75 Å². The Labute approximate surface area is 181 Å². The lowest BCUT2D eigenvalue weighted by molar-refractivity contribution is -0.113. The molecular formula is C27H35NO2. The third kappa shape index (κ3) is 6.09. The van der Waals surface area contributed by atoms with Crippen LogP contribution in [0.3, 0.4) is 0 Å². The van der Waals surface area contributed by atoms with Gasteiger partial charge in [-0.05, 0) is 56.2 Å². The molecule has 0 saturated heterocycles. The van der Waals surface area contributed by atoms with Crippen LogP contribution >= 0.6 is 0 Å². The monoisotopic (exact) mass is 405 g/mol. The van der Waals surface area contributed by atoms with Crippen LogP contribution in [-0.4, -0.2) is 13.0 Å². The third-order valence-corrected chi connectivity index (χ3v) is 5.85. The first-order valence-corrected chi connectivity index (χ1v) is 10.5. The zero-order valence-corrected chi connectivity index (χ0v) is 19.2. The fourth-order valence-electron chi connectivity index (χ4n) is 4.17. The largest absolute Gasteiger partial charge is 0.496 e. The van der Waals surface area contributed by atoms with Crippen LogP contribution in [0.15, 0.2) is 83.0 Å². The van der Waals surface area contributed by atoms with Crippen molar-refractivity contribution < 1.29 is 9.53 Å². The molecule has 0 spiro atoms. The van der Waals surface area contributed by atoms with Crippen LogP contribution in [0.1, 0.15) is 58.9 Å². The SMILES string of the molecule is COc1ccccc1C1CCC(C)(C)C(/C=C/C(C)=C\C=C\C(C)=C\C(N)=O)=C1C. The molecule has 0 fully saturated rings. The summed E-state index contributed by atoms with van der Waals surface area (Å²) in [6, 6.07) is 8.35. The molecule has 30 heavy (non-hydrogen) atoms. The molecule has 0 saturated carbocycles. The number of nitrogens with two attached hydrogens (primary N) is 1. The van der Waals surface area contributed by atoms with E-state index in [-0.39, 0.29) is 5.41 Å². The minimum absolute atomic E-state index is 0.135. The topological polar surface area (TPSA) is 52.3 Å². The van der Waals surface area contributed by atoms with E-state index >= 15 is 0 Å². The van der Waals surface area contributed by atoms with Gasteiger partial charge in [-0.3, -0.25) is 4.79 Å². The van der Waals surface area contributed by atoms with Gasteiger partial charge in [-0.15, -0.1) is 0 Å². The van der Waals surface area contributed by atoms with E-state index < -0.39 is 5.91 Å². The van der Waals surface area contributed by atoms with Gasteiger partial charge in [0, 0.05) is 17.6 Å². The summed E-state index contributed by atoms with van der Waals surface area (Å²) in [5.74, 6) is 0.911. The Bertz CT molecular complexity index is 926. The number of allylic oxidation sites excluding steroid dienone is 9. The third-order valence-electron chi connectivity index (χ3n) is 5.85. The van der Waals surface area contributed by atoms with Crippen molar-refractivity contribution in [2.75, 3.05) is 7.11 Å². The molecule has 1 aliphatic rings. The fraction of sp³-hybridized carbons (Fsp3) is 0.370. The molecule has 0 aliphatic heterocycles. The Balaban J connectivity index is 2.31. The minimum atomic E-state index is -0.427. The molecule has 3 heteroatoms. The second-order valence-corrected chi connectivity index (χ2v) is 8.71. The quantitative estimate of drug-likeness (QED) is 0.421. The number of benzene rings is 1. The van der Waals surface area contributed by atoms with Gasteiger partial charge < -0.3 is 10.5 Å². The lowest BCUT2D eigenvalue weighted by Crippen LogP contribution is -2.23. The van der Waals surface area contributed by atoms with Crippen LogP contribution < -0.4 is 10.5 Å². The van der Waals surface area contributed by atoms with Gasteiger partial charge in [0.05, 0.1) is 7.11 Å². The van der Waals surface area contributed by atoms with E-state index in [4.69, 9.17) is 10.5 Å².